The van der Waals surface area contributed by atoms with Crippen LogP contribution in [0.15, 0.2) is 30.3 Å². The van der Waals surface area contributed by atoms with E-state index in [2.05, 4.69) is 0 Å². The molecule has 0 aliphatic heterocycles. The summed E-state index contributed by atoms with van der Waals surface area (Å²) in [6.07, 6.45) is 0.456. The van der Waals surface area contributed by atoms with Gasteiger partial charge in [-0.1, -0.05) is 30.3 Å². The van der Waals surface area contributed by atoms with E-state index in [0.717, 1.165) is 9.87 Å². The molecule has 0 spiro atoms. The molecule has 1 aromatic carbocycles. The van der Waals surface area contributed by atoms with Gasteiger partial charge in [-0.3, -0.25) is 5.41 Å². The van der Waals surface area contributed by atoms with Crippen LogP contribution in [0.3, 0.4) is 0 Å². The van der Waals surface area contributed by atoms with Gasteiger partial charge in [-0.15, -0.1) is 0 Å². The first kappa shape index (κ1) is 14.7. The number of sulfonamides is 1. The zero-order chi connectivity index (χ0) is 13.8. The summed E-state index contributed by atoms with van der Waals surface area (Å²) >= 11 is 0. The molecule has 1 rings (SSSR count). The lowest BCUT2D eigenvalue weighted by atomic mass is 10.2. The minimum Gasteiger partial charge on any atom is -0.386 e. The summed E-state index contributed by atoms with van der Waals surface area (Å²) in [4.78, 5) is 0. The summed E-state index contributed by atoms with van der Waals surface area (Å²) in [5.74, 6) is -0.133. The zero-order valence-electron chi connectivity index (χ0n) is 10.6. The second-order valence-corrected chi connectivity index (χ2v) is 6.35. The van der Waals surface area contributed by atoms with Crippen molar-refractivity contribution in [2.45, 2.75) is 19.4 Å². The topological polar surface area (TPSA) is 87.2 Å². The molecule has 0 aliphatic rings. The van der Waals surface area contributed by atoms with E-state index in [4.69, 9.17) is 11.1 Å². The molecule has 0 heterocycles. The quantitative estimate of drug-likeness (QED) is 0.592. The lowest BCUT2D eigenvalue weighted by Crippen LogP contribution is -2.44. The molecule has 1 aromatic rings. The molecule has 0 bridgehead atoms. The maximum absolute atomic E-state index is 12.0. The molecule has 3 N–H and O–H groups in total. The van der Waals surface area contributed by atoms with Crippen molar-refractivity contribution in [3.63, 3.8) is 0 Å². The number of amidine groups is 1. The van der Waals surface area contributed by atoms with E-state index in [1.165, 1.54) is 7.05 Å². The van der Waals surface area contributed by atoms with Crippen LogP contribution < -0.4 is 5.73 Å². The standard InChI is InChI=1S/C12H19N3O2S/c1-10(12(13)14)15(2)18(16,17)9-8-11-6-4-3-5-7-11/h3-7,10H,8-9H2,1-2H3,(H3,13,14). The van der Waals surface area contributed by atoms with Gasteiger partial charge in [-0.05, 0) is 18.9 Å². The fourth-order valence-corrected chi connectivity index (χ4v) is 2.85. The molecule has 100 valence electrons. The number of nitrogens with one attached hydrogen (secondary N) is 1. The van der Waals surface area contributed by atoms with E-state index >= 15 is 0 Å². The molecular formula is C12H19N3O2S. The molecule has 0 aromatic heterocycles. The third-order valence-corrected chi connectivity index (χ3v) is 4.84. The number of nitrogens with zero attached hydrogens (tertiary/aromatic N) is 1. The highest BCUT2D eigenvalue weighted by Crippen LogP contribution is 2.08. The highest BCUT2D eigenvalue weighted by Gasteiger charge is 2.24. The lowest BCUT2D eigenvalue weighted by molar-refractivity contribution is 0.448. The Kier molecular flexibility index (Phi) is 4.86. The second kappa shape index (κ2) is 5.97. The monoisotopic (exact) mass is 269 g/mol. The van der Waals surface area contributed by atoms with Gasteiger partial charge in [-0.2, -0.15) is 4.31 Å². The normalized spacial score (nSPS) is 13.5. The van der Waals surface area contributed by atoms with E-state index in [-0.39, 0.29) is 11.6 Å². The van der Waals surface area contributed by atoms with Crippen LogP contribution in [-0.4, -0.2) is 37.4 Å². The van der Waals surface area contributed by atoms with Gasteiger partial charge in [0.05, 0.1) is 11.8 Å². The number of nitrogens with two attached hydrogens (primary N) is 1. The van der Waals surface area contributed by atoms with Gasteiger partial charge in [0, 0.05) is 7.05 Å². The maximum atomic E-state index is 12.0. The molecule has 0 radical (unpaired) electrons. The van der Waals surface area contributed by atoms with Crippen LogP contribution in [0.25, 0.3) is 0 Å². The van der Waals surface area contributed by atoms with Crippen molar-refractivity contribution >= 4 is 15.9 Å². The van der Waals surface area contributed by atoms with Crippen molar-refractivity contribution in [2.75, 3.05) is 12.8 Å². The van der Waals surface area contributed by atoms with Crippen molar-refractivity contribution in [3.8, 4) is 0 Å². The van der Waals surface area contributed by atoms with Gasteiger partial charge in [0.15, 0.2) is 0 Å². The number of hydrogen-bond donors (Lipinski definition) is 2. The third-order valence-electron chi connectivity index (χ3n) is 2.93. The SMILES string of the molecule is CC(C(=N)N)N(C)S(=O)(=O)CCc1ccccc1. The van der Waals surface area contributed by atoms with Gasteiger partial charge < -0.3 is 5.73 Å². The first-order valence-corrected chi connectivity index (χ1v) is 7.29. The van der Waals surface area contributed by atoms with E-state index in [9.17, 15) is 8.42 Å². The fourth-order valence-electron chi connectivity index (χ4n) is 1.47. The fraction of sp³-hybridized carbons (Fsp3) is 0.417. The van der Waals surface area contributed by atoms with Crippen LogP contribution in [0, 0.1) is 5.41 Å². The molecule has 18 heavy (non-hydrogen) atoms. The number of benzene rings is 1. The van der Waals surface area contributed by atoms with Gasteiger partial charge in [0.2, 0.25) is 10.0 Å². The van der Waals surface area contributed by atoms with E-state index < -0.39 is 16.1 Å². The molecule has 0 aliphatic carbocycles. The minimum absolute atomic E-state index is 0.0190. The third kappa shape index (κ3) is 3.82. The van der Waals surface area contributed by atoms with Crippen molar-refractivity contribution in [2.24, 2.45) is 5.73 Å². The molecular weight excluding hydrogens is 250 g/mol. The second-order valence-electron chi connectivity index (χ2n) is 4.20. The van der Waals surface area contributed by atoms with Crippen molar-refractivity contribution in [3.05, 3.63) is 35.9 Å². The lowest BCUT2D eigenvalue weighted by Gasteiger charge is -2.23. The Morgan fingerprint density at radius 2 is 1.94 bits per heavy atom. The number of rotatable bonds is 6. The molecule has 0 amide bonds. The summed E-state index contributed by atoms with van der Waals surface area (Å²) in [6.45, 7) is 1.60. The number of likely N-dealkylation sites (N-methyl/N-ethyl adjacent to an activating group) is 1. The predicted octanol–water partition coefficient (Wildman–Crippen LogP) is 0.815. The average molecular weight is 269 g/mol. The Morgan fingerprint density at radius 1 is 1.39 bits per heavy atom. The summed E-state index contributed by atoms with van der Waals surface area (Å²) in [6, 6.07) is 8.83. The van der Waals surface area contributed by atoms with Crippen LogP contribution in [0.1, 0.15) is 12.5 Å². The van der Waals surface area contributed by atoms with Crippen LogP contribution in [-0.2, 0) is 16.4 Å². The van der Waals surface area contributed by atoms with Gasteiger partial charge in [0.1, 0.15) is 5.84 Å². The molecule has 6 heteroatoms. The predicted molar refractivity (Wildman–Crippen MR) is 73.1 cm³/mol. The van der Waals surface area contributed by atoms with E-state index in [1.54, 1.807) is 6.92 Å². The minimum atomic E-state index is -3.39. The largest absolute Gasteiger partial charge is 0.386 e. The Bertz CT molecular complexity index is 499. The van der Waals surface area contributed by atoms with E-state index in [1.807, 2.05) is 30.3 Å². The van der Waals surface area contributed by atoms with Gasteiger partial charge >= 0.3 is 0 Å². The van der Waals surface area contributed by atoms with Crippen molar-refractivity contribution in [1.29, 1.82) is 5.41 Å². The summed E-state index contributed by atoms with van der Waals surface area (Å²) < 4.78 is 25.2. The van der Waals surface area contributed by atoms with Crippen molar-refractivity contribution < 1.29 is 8.42 Å². The molecule has 0 fully saturated rings. The smallest absolute Gasteiger partial charge is 0.214 e. The summed E-state index contributed by atoms with van der Waals surface area (Å²) in [5.41, 5.74) is 6.29. The molecule has 0 saturated heterocycles. The van der Waals surface area contributed by atoms with Crippen LogP contribution in [0.5, 0.6) is 0 Å². The Hall–Kier alpha value is -1.40. The highest BCUT2D eigenvalue weighted by atomic mass is 32.2. The summed E-state index contributed by atoms with van der Waals surface area (Å²) in [7, 11) is -1.94. The zero-order valence-corrected chi connectivity index (χ0v) is 11.4. The number of hydrogen-bond acceptors (Lipinski definition) is 3. The van der Waals surface area contributed by atoms with Crippen molar-refractivity contribution in [1.82, 2.24) is 4.31 Å². The van der Waals surface area contributed by atoms with E-state index in [0.29, 0.717) is 6.42 Å². The maximum Gasteiger partial charge on any atom is 0.214 e. The highest BCUT2D eigenvalue weighted by molar-refractivity contribution is 7.89. The average Bonchev–Trinajstić information content (AvgIpc) is 2.35. The molecule has 1 unspecified atom stereocenters. The van der Waals surface area contributed by atoms with Crippen LogP contribution in [0.4, 0.5) is 0 Å². The van der Waals surface area contributed by atoms with Crippen LogP contribution in [0.2, 0.25) is 0 Å². The first-order chi connectivity index (χ1) is 8.34. The Labute approximate surface area is 108 Å². The molecule has 0 saturated carbocycles. The summed E-state index contributed by atoms with van der Waals surface area (Å²) in [5, 5.41) is 7.28. The molecule has 1 atom stereocenters. The van der Waals surface area contributed by atoms with Gasteiger partial charge in [0.25, 0.3) is 0 Å². The van der Waals surface area contributed by atoms with Gasteiger partial charge in [-0.25, -0.2) is 8.42 Å². The first-order valence-electron chi connectivity index (χ1n) is 5.68. The molecule has 5 nitrogen and oxygen atoms in total. The van der Waals surface area contributed by atoms with Crippen LogP contribution >= 0.6 is 0 Å². The number of aryl methyl sites for hydroxylation is 1. The Balaban J connectivity index is 2.68. The Morgan fingerprint density at radius 3 is 2.44 bits per heavy atom.